The molecule has 0 aliphatic rings. The maximum absolute atomic E-state index is 11.9. The fourth-order valence-corrected chi connectivity index (χ4v) is 1.98. The van der Waals surface area contributed by atoms with E-state index in [2.05, 4.69) is 0 Å². The second-order valence-electron chi connectivity index (χ2n) is 3.90. The lowest BCUT2D eigenvalue weighted by Gasteiger charge is -2.27. The Morgan fingerprint density at radius 3 is 2.59 bits per heavy atom. The monoisotopic (exact) mass is 256 g/mol. The van der Waals surface area contributed by atoms with Gasteiger partial charge in [-0.1, -0.05) is 0 Å². The van der Waals surface area contributed by atoms with Crippen LogP contribution in [-0.4, -0.2) is 47.0 Å². The molecule has 1 N–H and O–H groups in total. The molecule has 0 saturated heterocycles. The minimum absolute atomic E-state index is 0.300. The highest BCUT2D eigenvalue weighted by Gasteiger charge is 2.24. The molecule has 1 rings (SSSR count). The van der Waals surface area contributed by atoms with Crippen molar-refractivity contribution in [3.63, 3.8) is 0 Å². The standard InChI is InChI=1S/C11H16N2O3S/c1-8(10(14)15)13(3)11(16)12(2)6-9-4-5-17-7-9/h4-5,7-8H,6H2,1-3H3,(H,14,15). The third kappa shape index (κ3) is 3.45. The van der Waals surface area contributed by atoms with Crippen molar-refractivity contribution in [2.24, 2.45) is 0 Å². The van der Waals surface area contributed by atoms with Crippen LogP contribution in [0.25, 0.3) is 0 Å². The van der Waals surface area contributed by atoms with Crippen molar-refractivity contribution in [3.05, 3.63) is 22.4 Å². The molecule has 6 heteroatoms. The summed E-state index contributed by atoms with van der Waals surface area (Å²) in [6, 6.07) is 0.813. The van der Waals surface area contributed by atoms with Crippen LogP contribution in [0.2, 0.25) is 0 Å². The summed E-state index contributed by atoms with van der Waals surface area (Å²) in [5.74, 6) is -1.01. The lowest BCUT2D eigenvalue weighted by Crippen LogP contribution is -2.46. The molecule has 1 aromatic rings. The maximum Gasteiger partial charge on any atom is 0.326 e. The molecule has 17 heavy (non-hydrogen) atoms. The SMILES string of the molecule is CC(C(=O)O)N(C)C(=O)N(C)Cc1ccsc1. The topological polar surface area (TPSA) is 60.9 Å². The summed E-state index contributed by atoms with van der Waals surface area (Å²) < 4.78 is 0. The Balaban J connectivity index is 2.60. The van der Waals surface area contributed by atoms with Gasteiger partial charge >= 0.3 is 12.0 Å². The maximum atomic E-state index is 11.9. The fraction of sp³-hybridized carbons (Fsp3) is 0.455. The van der Waals surface area contributed by atoms with Crippen molar-refractivity contribution >= 4 is 23.3 Å². The van der Waals surface area contributed by atoms with Crippen LogP contribution >= 0.6 is 11.3 Å². The molecule has 1 aromatic heterocycles. The summed E-state index contributed by atoms with van der Waals surface area (Å²) in [4.78, 5) is 25.4. The summed E-state index contributed by atoms with van der Waals surface area (Å²) >= 11 is 1.57. The van der Waals surface area contributed by atoms with Gasteiger partial charge in [0, 0.05) is 20.6 Å². The fourth-order valence-electron chi connectivity index (χ4n) is 1.32. The summed E-state index contributed by atoms with van der Waals surface area (Å²) in [6.07, 6.45) is 0. The Bertz CT molecular complexity index is 391. The van der Waals surface area contributed by atoms with Gasteiger partial charge in [0.15, 0.2) is 0 Å². The molecule has 0 aromatic carbocycles. The van der Waals surface area contributed by atoms with Crippen LogP contribution in [0.15, 0.2) is 16.8 Å². The number of carbonyl (C=O) groups is 2. The number of hydrogen-bond donors (Lipinski definition) is 1. The van der Waals surface area contributed by atoms with E-state index in [1.807, 2.05) is 16.8 Å². The molecule has 94 valence electrons. The molecule has 0 bridgehead atoms. The Morgan fingerprint density at radius 2 is 2.12 bits per heavy atom. The van der Waals surface area contributed by atoms with Crippen molar-refractivity contribution in [2.75, 3.05) is 14.1 Å². The summed E-state index contributed by atoms with van der Waals surface area (Å²) in [5, 5.41) is 12.7. The van der Waals surface area contributed by atoms with Gasteiger partial charge in [-0.3, -0.25) is 0 Å². The van der Waals surface area contributed by atoms with Gasteiger partial charge in [-0.15, -0.1) is 0 Å². The number of hydrogen-bond acceptors (Lipinski definition) is 3. The number of amides is 2. The number of urea groups is 1. The lowest BCUT2D eigenvalue weighted by molar-refractivity contribution is -0.141. The number of carboxylic acids is 1. The second kappa shape index (κ2) is 5.67. The zero-order chi connectivity index (χ0) is 13.0. The Hall–Kier alpha value is -1.56. The molecular weight excluding hydrogens is 240 g/mol. The molecular formula is C11H16N2O3S. The smallest absolute Gasteiger partial charge is 0.326 e. The third-order valence-electron chi connectivity index (χ3n) is 2.57. The van der Waals surface area contributed by atoms with E-state index in [-0.39, 0.29) is 6.03 Å². The van der Waals surface area contributed by atoms with E-state index in [9.17, 15) is 9.59 Å². The number of carbonyl (C=O) groups excluding carboxylic acids is 1. The van der Waals surface area contributed by atoms with Crippen molar-refractivity contribution in [3.8, 4) is 0 Å². The van der Waals surface area contributed by atoms with Crippen molar-refractivity contribution in [1.29, 1.82) is 0 Å². The highest BCUT2D eigenvalue weighted by Crippen LogP contribution is 2.10. The highest BCUT2D eigenvalue weighted by atomic mass is 32.1. The lowest BCUT2D eigenvalue weighted by atomic mass is 10.3. The minimum Gasteiger partial charge on any atom is -0.480 e. The zero-order valence-corrected chi connectivity index (χ0v) is 10.9. The minimum atomic E-state index is -1.01. The predicted molar refractivity (Wildman–Crippen MR) is 66.0 cm³/mol. The normalized spacial score (nSPS) is 11.9. The van der Waals surface area contributed by atoms with Crippen LogP contribution in [-0.2, 0) is 11.3 Å². The summed E-state index contributed by atoms with van der Waals surface area (Å²) in [7, 11) is 3.15. The van der Waals surface area contributed by atoms with Gasteiger partial charge in [0.25, 0.3) is 0 Å². The summed E-state index contributed by atoms with van der Waals surface area (Å²) in [6.45, 7) is 1.97. The zero-order valence-electron chi connectivity index (χ0n) is 10.1. The van der Waals surface area contributed by atoms with Crippen LogP contribution in [0, 0.1) is 0 Å². The Kier molecular flexibility index (Phi) is 4.51. The predicted octanol–water partition coefficient (Wildman–Crippen LogP) is 1.70. The average Bonchev–Trinajstić information content (AvgIpc) is 2.78. The van der Waals surface area contributed by atoms with E-state index in [1.54, 1.807) is 18.4 Å². The molecule has 0 aliphatic heterocycles. The molecule has 2 amide bonds. The number of aliphatic carboxylic acids is 1. The van der Waals surface area contributed by atoms with Crippen LogP contribution < -0.4 is 0 Å². The van der Waals surface area contributed by atoms with E-state index in [4.69, 9.17) is 5.11 Å². The van der Waals surface area contributed by atoms with Gasteiger partial charge in [0.05, 0.1) is 0 Å². The number of carboxylic acid groups (broad SMARTS) is 1. The van der Waals surface area contributed by atoms with Gasteiger partial charge in [-0.25, -0.2) is 9.59 Å². The molecule has 5 nitrogen and oxygen atoms in total. The second-order valence-corrected chi connectivity index (χ2v) is 4.68. The molecule has 0 fully saturated rings. The Morgan fingerprint density at radius 1 is 1.47 bits per heavy atom. The van der Waals surface area contributed by atoms with Crippen LogP contribution in [0.3, 0.4) is 0 Å². The van der Waals surface area contributed by atoms with Gasteiger partial charge in [0.1, 0.15) is 6.04 Å². The molecule has 1 heterocycles. The van der Waals surface area contributed by atoms with E-state index >= 15 is 0 Å². The van der Waals surface area contributed by atoms with Crippen LogP contribution in [0.1, 0.15) is 12.5 Å². The van der Waals surface area contributed by atoms with Crippen molar-refractivity contribution in [2.45, 2.75) is 19.5 Å². The van der Waals surface area contributed by atoms with E-state index in [1.165, 1.54) is 23.8 Å². The third-order valence-corrected chi connectivity index (χ3v) is 3.30. The molecule has 0 saturated carbocycles. The number of nitrogens with zero attached hydrogens (tertiary/aromatic N) is 2. The molecule has 1 atom stereocenters. The van der Waals surface area contributed by atoms with Gasteiger partial charge in [-0.2, -0.15) is 11.3 Å². The van der Waals surface area contributed by atoms with Crippen molar-refractivity contribution in [1.82, 2.24) is 9.80 Å². The first-order chi connectivity index (χ1) is 7.93. The first-order valence-corrected chi connectivity index (χ1v) is 6.09. The highest BCUT2D eigenvalue weighted by molar-refractivity contribution is 7.07. The molecule has 0 spiro atoms. The van der Waals surface area contributed by atoms with Crippen molar-refractivity contribution < 1.29 is 14.7 Å². The average molecular weight is 256 g/mol. The van der Waals surface area contributed by atoms with Gasteiger partial charge < -0.3 is 14.9 Å². The van der Waals surface area contributed by atoms with E-state index in [0.717, 1.165) is 5.56 Å². The Labute approximate surface area is 104 Å². The number of rotatable bonds is 4. The number of thiophene rings is 1. The molecule has 0 aliphatic carbocycles. The largest absolute Gasteiger partial charge is 0.480 e. The van der Waals surface area contributed by atoms with Crippen LogP contribution in [0.4, 0.5) is 4.79 Å². The van der Waals surface area contributed by atoms with E-state index < -0.39 is 12.0 Å². The van der Waals surface area contributed by atoms with Gasteiger partial charge in [0.2, 0.25) is 0 Å². The van der Waals surface area contributed by atoms with Crippen LogP contribution in [0.5, 0.6) is 0 Å². The number of likely N-dealkylation sites (N-methyl/N-ethyl adjacent to an activating group) is 1. The first-order valence-electron chi connectivity index (χ1n) is 5.15. The molecule has 1 unspecified atom stereocenters. The van der Waals surface area contributed by atoms with E-state index in [0.29, 0.717) is 6.54 Å². The first kappa shape index (κ1) is 13.5. The molecule has 0 radical (unpaired) electrons. The quantitative estimate of drug-likeness (QED) is 0.892. The van der Waals surface area contributed by atoms with Gasteiger partial charge in [-0.05, 0) is 29.3 Å². The summed E-state index contributed by atoms with van der Waals surface area (Å²) in [5.41, 5.74) is 1.04.